The van der Waals surface area contributed by atoms with Crippen LogP contribution in [0.25, 0.3) is 0 Å². The van der Waals surface area contributed by atoms with Crippen molar-refractivity contribution >= 4 is 45.0 Å². The predicted octanol–water partition coefficient (Wildman–Crippen LogP) is 3.69. The normalized spacial score (nSPS) is 17.8. The second-order valence-corrected chi connectivity index (χ2v) is 16.5. The van der Waals surface area contributed by atoms with Crippen LogP contribution in [0.2, 0.25) is 0 Å². The number of anilines is 1. The molecule has 12 nitrogen and oxygen atoms in total. The summed E-state index contributed by atoms with van der Waals surface area (Å²) in [5.74, 6) is -1.21. The molecule has 0 spiro atoms. The molecule has 2 aliphatic rings. The van der Waals surface area contributed by atoms with Crippen LogP contribution in [-0.2, 0) is 24.3 Å². The summed E-state index contributed by atoms with van der Waals surface area (Å²) in [4.78, 5) is 44.8. The summed E-state index contributed by atoms with van der Waals surface area (Å²) in [7, 11) is -3.98. The first-order valence-electron chi connectivity index (χ1n) is 15.6. The van der Waals surface area contributed by atoms with Gasteiger partial charge in [-0.2, -0.15) is 4.72 Å². The first kappa shape index (κ1) is 35.7. The number of carbonyl (C=O) groups excluding carboxylic acids is 3. The van der Waals surface area contributed by atoms with Gasteiger partial charge in [-0.3, -0.25) is 14.5 Å². The highest BCUT2D eigenvalue weighted by molar-refractivity contribution is 7.91. The van der Waals surface area contributed by atoms with Crippen LogP contribution in [0.1, 0.15) is 64.7 Å². The standard InChI is InChI=1S/C32H47N5O7S2/c1-31(2,3)43-29(39)26(34-46(41,42)27-8-7-21-45-27)22-33-28(38)23-9-11-24(12-10-23)35-17-19-36(20-18-35)25-13-15-37(16-14-25)30(40)44-32(4,5)6/h7-12,21,25-26,34H,13-20,22H2,1-6H3,(H,33,38)/t26-/m0/s1. The second-order valence-electron chi connectivity index (χ2n) is 13.6. The number of hydrogen-bond acceptors (Lipinski definition) is 10. The predicted molar refractivity (Wildman–Crippen MR) is 178 cm³/mol. The fraction of sp³-hybridized carbons (Fsp3) is 0.594. The summed E-state index contributed by atoms with van der Waals surface area (Å²) < 4.78 is 39.0. The Labute approximate surface area is 276 Å². The molecule has 2 N–H and O–H groups in total. The monoisotopic (exact) mass is 677 g/mol. The summed E-state index contributed by atoms with van der Waals surface area (Å²) in [6, 6.07) is 9.41. The highest BCUT2D eigenvalue weighted by atomic mass is 32.2. The van der Waals surface area contributed by atoms with E-state index >= 15 is 0 Å². The van der Waals surface area contributed by atoms with Crippen LogP contribution in [0.5, 0.6) is 0 Å². The molecule has 4 rings (SSSR count). The van der Waals surface area contributed by atoms with E-state index in [2.05, 4.69) is 19.8 Å². The Bertz CT molecular complexity index is 1430. The van der Waals surface area contributed by atoms with Gasteiger partial charge in [0.15, 0.2) is 0 Å². The van der Waals surface area contributed by atoms with Gasteiger partial charge in [-0.25, -0.2) is 13.2 Å². The van der Waals surface area contributed by atoms with Crippen molar-refractivity contribution in [3.05, 3.63) is 47.3 Å². The Morgan fingerprint density at radius 2 is 1.50 bits per heavy atom. The van der Waals surface area contributed by atoms with Gasteiger partial charge in [-0.05, 0) is 90.1 Å². The number of carbonyl (C=O) groups is 3. The van der Waals surface area contributed by atoms with Gasteiger partial charge in [0.1, 0.15) is 21.5 Å². The molecule has 3 heterocycles. The minimum absolute atomic E-state index is 0.0624. The Morgan fingerprint density at radius 3 is 2.04 bits per heavy atom. The maximum atomic E-state index is 13.0. The number of ether oxygens (including phenoxy) is 2. The Balaban J connectivity index is 1.27. The molecule has 1 atom stereocenters. The molecule has 1 aromatic carbocycles. The molecule has 0 radical (unpaired) electrons. The van der Waals surface area contributed by atoms with E-state index in [-0.39, 0.29) is 16.8 Å². The fourth-order valence-corrected chi connectivity index (χ4v) is 7.61. The van der Waals surface area contributed by atoms with E-state index in [1.54, 1.807) is 49.3 Å². The molecule has 2 fully saturated rings. The molecule has 0 saturated carbocycles. The van der Waals surface area contributed by atoms with Crippen LogP contribution < -0.4 is 14.9 Å². The molecular weight excluding hydrogens is 631 g/mol. The van der Waals surface area contributed by atoms with Gasteiger partial charge >= 0.3 is 12.1 Å². The lowest BCUT2D eigenvalue weighted by molar-refractivity contribution is -0.156. The first-order chi connectivity index (χ1) is 21.5. The van der Waals surface area contributed by atoms with Crippen LogP contribution in [-0.4, -0.2) is 105 Å². The van der Waals surface area contributed by atoms with Gasteiger partial charge in [0.25, 0.3) is 15.9 Å². The van der Waals surface area contributed by atoms with Crippen molar-refractivity contribution in [1.82, 2.24) is 19.8 Å². The minimum Gasteiger partial charge on any atom is -0.459 e. The Hall–Kier alpha value is -3.20. The Morgan fingerprint density at radius 1 is 0.891 bits per heavy atom. The average Bonchev–Trinajstić information content (AvgIpc) is 3.54. The molecule has 0 bridgehead atoms. The molecule has 2 aromatic rings. The van der Waals surface area contributed by atoms with E-state index in [4.69, 9.17) is 9.47 Å². The van der Waals surface area contributed by atoms with Gasteiger partial charge in [-0.15, -0.1) is 11.3 Å². The van der Waals surface area contributed by atoms with E-state index in [9.17, 15) is 22.8 Å². The van der Waals surface area contributed by atoms with Crippen molar-refractivity contribution in [3.63, 3.8) is 0 Å². The van der Waals surface area contributed by atoms with Gasteiger partial charge < -0.3 is 24.6 Å². The van der Waals surface area contributed by atoms with E-state index in [0.717, 1.165) is 56.0 Å². The lowest BCUT2D eigenvalue weighted by Crippen LogP contribution is -2.54. The maximum Gasteiger partial charge on any atom is 0.410 e. The number of piperidine rings is 1. The van der Waals surface area contributed by atoms with Crippen molar-refractivity contribution in [1.29, 1.82) is 0 Å². The number of benzene rings is 1. The highest BCUT2D eigenvalue weighted by Gasteiger charge is 2.32. The summed E-state index contributed by atoms with van der Waals surface area (Å²) in [5.41, 5.74) is 0.0629. The van der Waals surface area contributed by atoms with Crippen molar-refractivity contribution < 1.29 is 32.3 Å². The van der Waals surface area contributed by atoms with Gasteiger partial charge in [0.2, 0.25) is 0 Å². The summed E-state index contributed by atoms with van der Waals surface area (Å²) in [6.45, 7) is 15.3. The second kappa shape index (κ2) is 14.7. The number of nitrogens with one attached hydrogen (secondary N) is 2. The van der Waals surface area contributed by atoms with Gasteiger partial charge in [0, 0.05) is 63.1 Å². The quantitative estimate of drug-likeness (QED) is 0.381. The Kier molecular flexibility index (Phi) is 11.4. The molecule has 1 aromatic heterocycles. The smallest absolute Gasteiger partial charge is 0.410 e. The number of thiophene rings is 1. The number of likely N-dealkylation sites (tertiary alicyclic amines) is 1. The molecular formula is C32H47N5O7S2. The number of piperazine rings is 1. The van der Waals surface area contributed by atoms with Crippen molar-refractivity contribution in [3.8, 4) is 0 Å². The third kappa shape index (κ3) is 10.1. The van der Waals surface area contributed by atoms with Crippen molar-refractivity contribution in [2.75, 3.05) is 50.7 Å². The minimum atomic E-state index is -3.98. The zero-order valence-electron chi connectivity index (χ0n) is 27.6. The molecule has 46 heavy (non-hydrogen) atoms. The van der Waals surface area contributed by atoms with E-state index < -0.39 is 39.1 Å². The molecule has 2 aliphatic heterocycles. The molecule has 2 saturated heterocycles. The van der Waals surface area contributed by atoms with Crippen LogP contribution in [0.3, 0.4) is 0 Å². The molecule has 2 amide bonds. The highest BCUT2D eigenvalue weighted by Crippen LogP contribution is 2.23. The molecule has 254 valence electrons. The number of nitrogens with zero attached hydrogens (tertiary/aromatic N) is 3. The largest absolute Gasteiger partial charge is 0.459 e. The lowest BCUT2D eigenvalue weighted by atomic mass is 10.0. The van der Waals surface area contributed by atoms with Crippen LogP contribution in [0.4, 0.5) is 10.5 Å². The van der Waals surface area contributed by atoms with Crippen molar-refractivity contribution in [2.24, 2.45) is 0 Å². The average molecular weight is 678 g/mol. The summed E-state index contributed by atoms with van der Waals surface area (Å²) in [5, 5.41) is 4.31. The van der Waals surface area contributed by atoms with Crippen LogP contribution >= 0.6 is 11.3 Å². The third-order valence-electron chi connectivity index (χ3n) is 7.66. The van der Waals surface area contributed by atoms with Gasteiger partial charge in [0.05, 0.1) is 0 Å². The number of esters is 1. The fourth-order valence-electron chi connectivity index (χ4n) is 5.41. The first-order valence-corrected chi connectivity index (χ1v) is 18.0. The number of amides is 2. The van der Waals surface area contributed by atoms with Crippen LogP contribution in [0.15, 0.2) is 46.0 Å². The third-order valence-corrected chi connectivity index (χ3v) is 10.5. The number of hydrogen-bond donors (Lipinski definition) is 2. The maximum absolute atomic E-state index is 13.0. The van der Waals surface area contributed by atoms with Gasteiger partial charge in [-0.1, -0.05) is 6.07 Å². The molecule has 14 heteroatoms. The summed E-state index contributed by atoms with van der Waals surface area (Å²) >= 11 is 1.03. The van der Waals surface area contributed by atoms with E-state index in [1.165, 1.54) is 6.07 Å². The number of sulfonamides is 1. The van der Waals surface area contributed by atoms with E-state index in [0.29, 0.717) is 24.7 Å². The summed E-state index contributed by atoms with van der Waals surface area (Å²) in [6.07, 6.45) is 1.61. The van der Waals surface area contributed by atoms with Crippen LogP contribution in [0, 0.1) is 0 Å². The topological polar surface area (TPSA) is 138 Å². The lowest BCUT2D eigenvalue weighted by Gasteiger charge is -2.43. The SMILES string of the molecule is CC(C)(C)OC(=O)[C@H](CNC(=O)c1ccc(N2CCN(C3CCN(C(=O)OC(C)(C)C)CC3)CC2)cc1)NS(=O)(=O)c1cccs1. The zero-order chi connectivity index (χ0) is 33.7. The van der Waals surface area contributed by atoms with Crippen molar-refractivity contribution in [2.45, 2.75) is 81.9 Å². The molecule has 0 unspecified atom stereocenters. The zero-order valence-corrected chi connectivity index (χ0v) is 29.2. The molecule has 0 aliphatic carbocycles. The number of rotatable bonds is 9. The van der Waals surface area contributed by atoms with E-state index in [1.807, 2.05) is 32.9 Å².